The van der Waals surface area contributed by atoms with E-state index in [1.807, 2.05) is 66.9 Å². The Morgan fingerprint density at radius 1 is 0.865 bits per heavy atom. The molecule has 0 spiro atoms. The first-order valence-corrected chi connectivity index (χ1v) is 17.2. The standard InChI is InChI=1S/C39H47FN6O6/c1-24(2)35-34(37(50)44-28-12-7-4-8-13-28)33(25-10-5-3-6-11-25)36(26-15-17-27(40)18-16-26)46(35)21-19-29(47)22-30(48)23-32(49)45-31(38(51)52)14-9-20-43-39(41)42/h3-8,10-13,15-18,24,29-31,47-48H,9,14,19-23H2,1-2H3,(H,44,50)(H,45,49)(H,51,52)(H4,41,42,43)/t29-,30-,31-/m1/s1. The van der Waals surface area contributed by atoms with Crippen molar-refractivity contribution in [1.29, 1.82) is 0 Å². The third-order valence-corrected chi connectivity index (χ3v) is 8.52. The summed E-state index contributed by atoms with van der Waals surface area (Å²) in [6.07, 6.45) is -2.37. The van der Waals surface area contributed by atoms with Crippen molar-refractivity contribution in [1.82, 2.24) is 9.88 Å². The number of benzene rings is 3. The topological polar surface area (TPSA) is 205 Å². The Hall–Kier alpha value is -5.53. The van der Waals surface area contributed by atoms with Gasteiger partial charge in [0, 0.05) is 30.0 Å². The number of guanidine groups is 1. The summed E-state index contributed by atoms with van der Waals surface area (Å²) < 4.78 is 16.2. The van der Waals surface area contributed by atoms with Crippen molar-refractivity contribution < 1.29 is 34.1 Å². The van der Waals surface area contributed by atoms with Crippen LogP contribution in [0.5, 0.6) is 0 Å². The van der Waals surface area contributed by atoms with Crippen LogP contribution in [0.4, 0.5) is 10.1 Å². The molecule has 0 radical (unpaired) electrons. The van der Waals surface area contributed by atoms with Gasteiger partial charge in [-0.1, -0.05) is 62.4 Å². The monoisotopic (exact) mass is 714 g/mol. The van der Waals surface area contributed by atoms with Crippen LogP contribution in [-0.4, -0.2) is 68.4 Å². The maximum Gasteiger partial charge on any atom is 0.326 e. The van der Waals surface area contributed by atoms with Gasteiger partial charge in [-0.25, -0.2) is 9.18 Å². The molecule has 3 aromatic carbocycles. The number of carbonyl (C=O) groups excluding carboxylic acids is 2. The number of aliphatic imine (C=N–C) groups is 1. The Balaban J connectivity index is 1.61. The van der Waals surface area contributed by atoms with Crippen molar-refractivity contribution in [3.8, 4) is 22.4 Å². The second kappa shape index (κ2) is 18.6. The van der Waals surface area contributed by atoms with Gasteiger partial charge in [0.1, 0.15) is 11.9 Å². The lowest BCUT2D eigenvalue weighted by Gasteiger charge is -2.21. The molecule has 276 valence electrons. The molecular weight excluding hydrogens is 667 g/mol. The summed E-state index contributed by atoms with van der Waals surface area (Å²) in [5.41, 5.74) is 15.1. The highest BCUT2D eigenvalue weighted by Crippen LogP contribution is 2.42. The lowest BCUT2D eigenvalue weighted by atomic mass is 9.94. The van der Waals surface area contributed by atoms with E-state index < -0.39 is 42.4 Å². The van der Waals surface area contributed by atoms with Crippen LogP contribution in [0.1, 0.15) is 67.9 Å². The quantitative estimate of drug-likeness (QED) is 0.0430. The van der Waals surface area contributed by atoms with Crippen LogP contribution in [0.3, 0.4) is 0 Å². The number of carboxylic acid groups (broad SMARTS) is 1. The first-order chi connectivity index (χ1) is 24.8. The molecule has 0 fully saturated rings. The van der Waals surface area contributed by atoms with E-state index in [9.17, 15) is 34.1 Å². The predicted octanol–water partition coefficient (Wildman–Crippen LogP) is 4.85. The fourth-order valence-electron chi connectivity index (χ4n) is 6.23. The molecule has 0 saturated heterocycles. The lowest BCUT2D eigenvalue weighted by Crippen LogP contribution is -2.42. The molecule has 9 N–H and O–H groups in total. The van der Waals surface area contributed by atoms with Crippen molar-refractivity contribution in [3.05, 3.63) is 102 Å². The number of para-hydroxylation sites is 1. The molecule has 52 heavy (non-hydrogen) atoms. The molecule has 13 heteroatoms. The maximum absolute atomic E-state index is 14.2. The third kappa shape index (κ3) is 10.7. The van der Waals surface area contributed by atoms with E-state index in [0.717, 1.165) is 5.56 Å². The van der Waals surface area contributed by atoms with Crippen molar-refractivity contribution in [3.63, 3.8) is 0 Å². The molecule has 1 heterocycles. The molecule has 3 atom stereocenters. The van der Waals surface area contributed by atoms with Gasteiger partial charge < -0.3 is 42.0 Å². The Labute approximate surface area is 302 Å². The van der Waals surface area contributed by atoms with Crippen LogP contribution in [0.15, 0.2) is 89.9 Å². The van der Waals surface area contributed by atoms with Crippen molar-refractivity contribution >= 4 is 29.4 Å². The summed E-state index contributed by atoms with van der Waals surface area (Å²) in [6.45, 7) is 4.36. The van der Waals surface area contributed by atoms with Gasteiger partial charge in [-0.2, -0.15) is 0 Å². The number of rotatable bonds is 18. The lowest BCUT2D eigenvalue weighted by molar-refractivity contribution is -0.142. The summed E-state index contributed by atoms with van der Waals surface area (Å²) in [7, 11) is 0. The van der Waals surface area contributed by atoms with Gasteiger partial charge in [-0.3, -0.25) is 14.6 Å². The number of amides is 2. The number of hydrogen-bond acceptors (Lipinski definition) is 6. The van der Waals surface area contributed by atoms with Gasteiger partial charge in [0.15, 0.2) is 5.96 Å². The average molecular weight is 715 g/mol. The largest absolute Gasteiger partial charge is 0.480 e. The molecule has 12 nitrogen and oxygen atoms in total. The van der Waals surface area contributed by atoms with Crippen LogP contribution in [-0.2, 0) is 16.1 Å². The highest BCUT2D eigenvalue weighted by Gasteiger charge is 2.31. The van der Waals surface area contributed by atoms with Crippen LogP contribution >= 0.6 is 0 Å². The molecular formula is C39H47FN6O6. The number of nitrogens with two attached hydrogens (primary N) is 2. The van der Waals surface area contributed by atoms with Gasteiger partial charge in [0.25, 0.3) is 5.91 Å². The zero-order valence-corrected chi connectivity index (χ0v) is 29.3. The van der Waals surface area contributed by atoms with Crippen LogP contribution in [0, 0.1) is 5.82 Å². The van der Waals surface area contributed by atoms with E-state index >= 15 is 0 Å². The molecule has 0 saturated carbocycles. The second-order valence-electron chi connectivity index (χ2n) is 12.9. The van der Waals surface area contributed by atoms with E-state index in [1.165, 1.54) is 12.1 Å². The summed E-state index contributed by atoms with van der Waals surface area (Å²) >= 11 is 0. The van der Waals surface area contributed by atoms with Gasteiger partial charge in [0.2, 0.25) is 5.91 Å². The molecule has 1 aromatic heterocycles. The average Bonchev–Trinajstić information content (AvgIpc) is 3.45. The molecule has 0 aliphatic rings. The molecule has 4 rings (SSSR count). The molecule has 0 aliphatic carbocycles. The Kier molecular flexibility index (Phi) is 14.1. The number of aliphatic carboxylic acids is 1. The summed E-state index contributed by atoms with van der Waals surface area (Å²) in [6, 6.07) is 23.4. The van der Waals surface area contributed by atoms with Gasteiger partial charge in [0.05, 0.1) is 29.9 Å². The van der Waals surface area contributed by atoms with Gasteiger partial charge in [-0.15, -0.1) is 0 Å². The Morgan fingerprint density at radius 2 is 1.50 bits per heavy atom. The van der Waals surface area contributed by atoms with E-state index in [1.54, 1.807) is 24.3 Å². The minimum absolute atomic E-state index is 0.0817. The van der Waals surface area contributed by atoms with Crippen molar-refractivity contribution in [2.24, 2.45) is 16.5 Å². The summed E-state index contributed by atoms with van der Waals surface area (Å²) in [5.74, 6) is -2.93. The number of carboxylic acids is 1. The van der Waals surface area contributed by atoms with Crippen molar-refractivity contribution in [2.45, 2.75) is 76.7 Å². The summed E-state index contributed by atoms with van der Waals surface area (Å²) in [5, 5.41) is 36.8. The predicted molar refractivity (Wildman–Crippen MR) is 199 cm³/mol. The molecule has 2 amide bonds. The molecule has 0 bridgehead atoms. The zero-order chi connectivity index (χ0) is 37.8. The molecule has 0 aliphatic heterocycles. The minimum Gasteiger partial charge on any atom is -0.480 e. The van der Waals surface area contributed by atoms with E-state index in [4.69, 9.17) is 11.5 Å². The molecule has 0 unspecified atom stereocenters. The van der Waals surface area contributed by atoms with E-state index in [2.05, 4.69) is 15.6 Å². The SMILES string of the molecule is CC(C)c1c(C(=O)Nc2ccccc2)c(-c2ccccc2)c(-c2ccc(F)cc2)n1CC[C@@H](O)C[C@@H](O)CC(=O)N[C@H](CCCN=C(N)N)C(=O)O. The Bertz CT molecular complexity index is 1830. The number of halogens is 1. The number of carbonyl (C=O) groups is 3. The smallest absolute Gasteiger partial charge is 0.326 e. The summed E-state index contributed by atoms with van der Waals surface area (Å²) in [4.78, 5) is 42.3. The van der Waals surface area contributed by atoms with Gasteiger partial charge >= 0.3 is 5.97 Å². The zero-order valence-electron chi connectivity index (χ0n) is 29.3. The second-order valence-corrected chi connectivity index (χ2v) is 12.9. The third-order valence-electron chi connectivity index (χ3n) is 8.52. The number of anilines is 1. The van der Waals surface area contributed by atoms with Crippen molar-refractivity contribution in [2.75, 3.05) is 11.9 Å². The fourth-order valence-corrected chi connectivity index (χ4v) is 6.23. The van der Waals surface area contributed by atoms with Crippen LogP contribution < -0.4 is 22.1 Å². The van der Waals surface area contributed by atoms with Crippen LogP contribution in [0.2, 0.25) is 0 Å². The van der Waals surface area contributed by atoms with Gasteiger partial charge in [-0.05, 0) is 79.1 Å². The molecule has 4 aromatic rings. The highest BCUT2D eigenvalue weighted by molar-refractivity contribution is 6.12. The van der Waals surface area contributed by atoms with Crippen LogP contribution in [0.25, 0.3) is 22.4 Å². The fraction of sp³-hybridized carbons (Fsp3) is 0.333. The number of hydrogen-bond donors (Lipinski definition) is 7. The number of aliphatic hydroxyl groups is 2. The first-order valence-electron chi connectivity index (χ1n) is 17.2. The highest BCUT2D eigenvalue weighted by atomic mass is 19.1. The number of aromatic nitrogens is 1. The minimum atomic E-state index is -1.26. The normalized spacial score (nSPS) is 12.9. The first kappa shape index (κ1) is 39.3. The van der Waals surface area contributed by atoms with E-state index in [-0.39, 0.29) is 50.1 Å². The maximum atomic E-state index is 14.2. The Morgan fingerprint density at radius 3 is 2.10 bits per heavy atom. The number of aliphatic hydroxyl groups excluding tert-OH is 2. The number of nitrogens with one attached hydrogen (secondary N) is 2. The van der Waals surface area contributed by atoms with E-state index in [0.29, 0.717) is 40.2 Å². The number of nitrogens with zero attached hydrogens (tertiary/aromatic N) is 2.